The molecule has 0 bridgehead atoms. The summed E-state index contributed by atoms with van der Waals surface area (Å²) in [6.07, 6.45) is 1.41. The van der Waals surface area contributed by atoms with Gasteiger partial charge < -0.3 is 9.64 Å². The molecule has 0 aromatic heterocycles. The maximum absolute atomic E-state index is 11.6. The number of rotatable bonds is 3. The van der Waals surface area contributed by atoms with Gasteiger partial charge in [0.2, 0.25) is 5.91 Å². The minimum Gasteiger partial charge on any atom is -0.379 e. The summed E-state index contributed by atoms with van der Waals surface area (Å²) in [5.41, 5.74) is 0. The number of carbonyl (C=O) groups is 1. The normalized spacial score (nSPS) is 30.9. The number of likely N-dealkylation sites (tertiary alicyclic amines) is 1. The maximum Gasteiger partial charge on any atom is 0.246 e. The number of hydrogen-bond acceptors (Lipinski definition) is 3. The van der Waals surface area contributed by atoms with Crippen LogP contribution in [0.4, 0.5) is 0 Å². The monoisotopic (exact) mass is 336 g/mol. The average Bonchev–Trinajstić information content (AvgIpc) is 2.33. The van der Waals surface area contributed by atoms with E-state index in [0.717, 1.165) is 39.4 Å². The van der Waals surface area contributed by atoms with Gasteiger partial charge in [0.05, 0.1) is 23.2 Å². The Morgan fingerprint density at radius 3 is 2.75 bits per heavy atom. The van der Waals surface area contributed by atoms with Crippen LogP contribution in [0.15, 0.2) is 12.7 Å². The summed E-state index contributed by atoms with van der Waals surface area (Å²) in [5.74, 6) is 0.0613. The van der Waals surface area contributed by atoms with E-state index in [0.29, 0.717) is 9.97 Å². The lowest BCUT2D eigenvalue weighted by atomic mass is 10.0. The van der Waals surface area contributed by atoms with E-state index in [2.05, 4.69) is 34.1 Å². The van der Waals surface area contributed by atoms with Crippen LogP contribution in [0.3, 0.4) is 0 Å². The van der Waals surface area contributed by atoms with Gasteiger partial charge in [-0.15, -0.1) is 0 Å². The quantitative estimate of drug-likeness (QED) is 0.428. The van der Waals surface area contributed by atoms with E-state index in [1.165, 1.54) is 6.08 Å². The Morgan fingerprint density at radius 2 is 2.19 bits per heavy atom. The van der Waals surface area contributed by atoms with Crippen LogP contribution < -0.4 is 0 Å². The van der Waals surface area contributed by atoms with Crippen molar-refractivity contribution in [1.82, 2.24) is 9.80 Å². The topological polar surface area (TPSA) is 32.8 Å². The van der Waals surface area contributed by atoms with Gasteiger partial charge in [0.25, 0.3) is 0 Å². The number of halogens is 1. The molecule has 4 nitrogen and oxygen atoms in total. The van der Waals surface area contributed by atoms with E-state index in [1.54, 1.807) is 0 Å². The van der Waals surface area contributed by atoms with Crippen molar-refractivity contribution in [3.63, 3.8) is 0 Å². The second kappa shape index (κ2) is 5.46. The number of morpholine rings is 1. The van der Waals surface area contributed by atoms with E-state index >= 15 is 0 Å². The van der Waals surface area contributed by atoms with Gasteiger partial charge in [-0.05, 0) is 6.08 Å². The van der Waals surface area contributed by atoms with Crippen molar-refractivity contribution >= 4 is 28.5 Å². The third-order valence-corrected chi connectivity index (χ3v) is 4.42. The highest BCUT2D eigenvalue weighted by molar-refractivity contribution is 14.1. The largest absolute Gasteiger partial charge is 0.379 e. The van der Waals surface area contributed by atoms with Gasteiger partial charge in [0.1, 0.15) is 0 Å². The van der Waals surface area contributed by atoms with Crippen molar-refractivity contribution in [3.8, 4) is 0 Å². The summed E-state index contributed by atoms with van der Waals surface area (Å²) in [6, 6.07) is 0.351. The second-order valence-corrected chi connectivity index (χ2v) is 5.79. The van der Waals surface area contributed by atoms with Crippen LogP contribution in [0.5, 0.6) is 0 Å². The molecule has 90 valence electrons. The fourth-order valence-corrected chi connectivity index (χ4v) is 3.17. The predicted octanol–water partition coefficient (Wildman–Crippen LogP) is 0.519. The second-order valence-electron chi connectivity index (χ2n) is 4.19. The third-order valence-electron chi connectivity index (χ3n) is 3.20. The molecule has 1 amide bonds. The molecule has 2 rings (SSSR count). The first-order valence-electron chi connectivity index (χ1n) is 5.59. The van der Waals surface area contributed by atoms with Crippen LogP contribution in [0, 0.1) is 0 Å². The summed E-state index contributed by atoms with van der Waals surface area (Å²) in [6.45, 7) is 8.96. The molecule has 0 radical (unpaired) electrons. The van der Waals surface area contributed by atoms with Crippen LogP contribution in [0.1, 0.15) is 0 Å². The molecule has 2 heterocycles. The van der Waals surface area contributed by atoms with Crippen molar-refractivity contribution in [3.05, 3.63) is 12.7 Å². The lowest BCUT2D eigenvalue weighted by Crippen LogP contribution is -2.63. The van der Waals surface area contributed by atoms with Crippen molar-refractivity contribution < 1.29 is 9.53 Å². The standard InChI is InChI=1S/C11H17IN2O2/c1-2-11(15)14-7-9(12)10(14)8-13-3-5-16-6-4-13/h2,9-10H,1,3-8H2/t9-,10+/m1/s1. The summed E-state index contributed by atoms with van der Waals surface area (Å²) in [7, 11) is 0. The van der Waals surface area contributed by atoms with Crippen molar-refractivity contribution in [2.24, 2.45) is 0 Å². The molecule has 0 aliphatic carbocycles. The molecule has 2 aliphatic heterocycles. The zero-order chi connectivity index (χ0) is 11.5. The Balaban J connectivity index is 1.86. The Morgan fingerprint density at radius 1 is 1.50 bits per heavy atom. The molecule has 0 aromatic carbocycles. The zero-order valence-electron chi connectivity index (χ0n) is 9.27. The first kappa shape index (κ1) is 12.3. The number of nitrogens with zero attached hydrogens (tertiary/aromatic N) is 2. The van der Waals surface area contributed by atoms with Crippen LogP contribution in [0.25, 0.3) is 0 Å². The first-order chi connectivity index (χ1) is 7.72. The molecule has 2 saturated heterocycles. The van der Waals surface area contributed by atoms with Crippen molar-refractivity contribution in [2.75, 3.05) is 39.4 Å². The number of carbonyl (C=O) groups excluding carboxylic acids is 1. The first-order valence-corrected chi connectivity index (χ1v) is 6.84. The van der Waals surface area contributed by atoms with E-state index < -0.39 is 0 Å². The molecule has 2 atom stereocenters. The molecular formula is C11H17IN2O2. The van der Waals surface area contributed by atoms with Crippen molar-refractivity contribution in [2.45, 2.75) is 9.97 Å². The number of ether oxygens (including phenoxy) is 1. The molecule has 2 aliphatic rings. The minimum absolute atomic E-state index is 0.0613. The van der Waals surface area contributed by atoms with E-state index in [4.69, 9.17) is 4.74 Å². The van der Waals surface area contributed by atoms with E-state index in [9.17, 15) is 4.79 Å². The molecule has 0 saturated carbocycles. The number of hydrogen-bond donors (Lipinski definition) is 0. The van der Waals surface area contributed by atoms with Gasteiger partial charge in [0.15, 0.2) is 0 Å². The maximum atomic E-state index is 11.6. The smallest absolute Gasteiger partial charge is 0.246 e. The van der Waals surface area contributed by atoms with Gasteiger partial charge >= 0.3 is 0 Å². The van der Waals surface area contributed by atoms with Gasteiger partial charge in [-0.3, -0.25) is 9.69 Å². The highest BCUT2D eigenvalue weighted by Gasteiger charge is 2.40. The third kappa shape index (κ3) is 2.57. The van der Waals surface area contributed by atoms with Gasteiger partial charge in [0, 0.05) is 26.2 Å². The molecular weight excluding hydrogens is 319 g/mol. The van der Waals surface area contributed by atoms with Crippen LogP contribution >= 0.6 is 22.6 Å². The fourth-order valence-electron chi connectivity index (χ4n) is 2.13. The minimum atomic E-state index is 0.0613. The van der Waals surface area contributed by atoms with E-state index in [-0.39, 0.29) is 5.91 Å². The highest BCUT2D eigenvalue weighted by Crippen LogP contribution is 2.26. The summed E-state index contributed by atoms with van der Waals surface area (Å²) in [4.78, 5) is 15.8. The molecule has 0 aromatic rings. The molecule has 0 N–H and O–H groups in total. The SMILES string of the molecule is C=CC(=O)N1C[C@@H](I)[C@@H]1CN1CCOCC1. The van der Waals surface area contributed by atoms with Gasteiger partial charge in [-0.2, -0.15) is 0 Å². The van der Waals surface area contributed by atoms with Crippen molar-refractivity contribution in [1.29, 1.82) is 0 Å². The summed E-state index contributed by atoms with van der Waals surface area (Å²) >= 11 is 2.43. The molecule has 0 unspecified atom stereocenters. The number of amides is 1. The average molecular weight is 336 g/mol. The molecule has 5 heteroatoms. The molecule has 0 spiro atoms. The lowest BCUT2D eigenvalue weighted by molar-refractivity contribution is -0.133. The summed E-state index contributed by atoms with van der Waals surface area (Å²) in [5, 5.41) is 0. The van der Waals surface area contributed by atoms with Crippen LogP contribution in [0.2, 0.25) is 0 Å². The van der Waals surface area contributed by atoms with Gasteiger partial charge in [-0.25, -0.2) is 0 Å². The number of alkyl halides is 1. The Labute approximate surface area is 110 Å². The zero-order valence-corrected chi connectivity index (χ0v) is 11.4. The van der Waals surface area contributed by atoms with Crippen LogP contribution in [-0.2, 0) is 9.53 Å². The molecule has 2 fully saturated rings. The summed E-state index contributed by atoms with van der Waals surface area (Å²) < 4.78 is 5.89. The predicted molar refractivity (Wildman–Crippen MR) is 70.8 cm³/mol. The van der Waals surface area contributed by atoms with Crippen LogP contribution in [-0.4, -0.2) is 65.1 Å². The highest BCUT2D eigenvalue weighted by atomic mass is 127. The Kier molecular flexibility index (Phi) is 4.21. The van der Waals surface area contributed by atoms with Gasteiger partial charge in [-0.1, -0.05) is 29.2 Å². The fraction of sp³-hybridized carbons (Fsp3) is 0.727. The van der Waals surface area contributed by atoms with E-state index in [1.807, 2.05) is 4.90 Å². The molecule has 16 heavy (non-hydrogen) atoms. The Hall–Kier alpha value is -0.140. The lowest BCUT2D eigenvalue weighted by Gasteiger charge is -2.47. The Bertz CT molecular complexity index is 279.